The lowest BCUT2D eigenvalue weighted by Crippen LogP contribution is -2.40. The van der Waals surface area contributed by atoms with E-state index in [4.69, 9.17) is 27.9 Å². The molecule has 1 fully saturated rings. The van der Waals surface area contributed by atoms with Crippen LogP contribution in [-0.2, 0) is 9.53 Å². The molecule has 0 saturated carbocycles. The van der Waals surface area contributed by atoms with Crippen molar-refractivity contribution in [2.75, 3.05) is 13.7 Å². The van der Waals surface area contributed by atoms with Crippen molar-refractivity contribution < 1.29 is 19.4 Å². The molecule has 7 nitrogen and oxygen atoms in total. The van der Waals surface area contributed by atoms with Gasteiger partial charge < -0.3 is 14.7 Å². The number of carbonyl (C=O) groups is 2. The first-order valence-electron chi connectivity index (χ1n) is 7.47. The highest BCUT2D eigenvalue weighted by molar-refractivity contribution is 6.35. The van der Waals surface area contributed by atoms with E-state index in [-0.39, 0.29) is 24.6 Å². The SMILES string of the molecule is COC1CC(C(=O)O)N(C(=O)c2cnn(-c3ccc(Cl)cc3Cl)c2)C1. The summed E-state index contributed by atoms with van der Waals surface area (Å²) in [6.45, 7) is 0.221. The van der Waals surface area contributed by atoms with Crippen LogP contribution in [0.1, 0.15) is 16.8 Å². The Hall–Kier alpha value is -2.09. The van der Waals surface area contributed by atoms with Crippen molar-refractivity contribution in [1.82, 2.24) is 14.7 Å². The summed E-state index contributed by atoms with van der Waals surface area (Å²) in [6, 6.07) is 4.00. The molecule has 2 aromatic rings. The van der Waals surface area contributed by atoms with Gasteiger partial charge in [-0.1, -0.05) is 23.2 Å². The summed E-state index contributed by atoms with van der Waals surface area (Å²) in [6.07, 6.45) is 2.85. The number of ether oxygens (including phenoxy) is 1. The van der Waals surface area contributed by atoms with Crippen molar-refractivity contribution >= 4 is 35.1 Å². The first kappa shape index (κ1) is 17.7. The minimum Gasteiger partial charge on any atom is -0.480 e. The monoisotopic (exact) mass is 383 g/mol. The number of carbonyl (C=O) groups excluding carboxylic acids is 1. The van der Waals surface area contributed by atoms with Crippen molar-refractivity contribution in [3.05, 3.63) is 46.2 Å². The fraction of sp³-hybridized carbons (Fsp3) is 0.312. The minimum atomic E-state index is -1.05. The van der Waals surface area contributed by atoms with E-state index in [1.54, 1.807) is 18.2 Å². The van der Waals surface area contributed by atoms with E-state index < -0.39 is 17.9 Å². The van der Waals surface area contributed by atoms with Crippen LogP contribution in [0.15, 0.2) is 30.6 Å². The largest absolute Gasteiger partial charge is 0.480 e. The van der Waals surface area contributed by atoms with Crippen LogP contribution < -0.4 is 0 Å². The fourth-order valence-electron chi connectivity index (χ4n) is 2.82. The minimum absolute atomic E-state index is 0.221. The lowest BCUT2D eigenvalue weighted by atomic mass is 10.2. The van der Waals surface area contributed by atoms with Gasteiger partial charge in [-0.15, -0.1) is 0 Å². The fourth-order valence-corrected chi connectivity index (χ4v) is 3.32. The predicted octanol–water partition coefficient (Wildman–Crippen LogP) is 2.49. The Morgan fingerprint density at radius 3 is 2.76 bits per heavy atom. The van der Waals surface area contributed by atoms with Crippen LogP contribution in [-0.4, -0.2) is 57.5 Å². The van der Waals surface area contributed by atoms with Crippen molar-refractivity contribution in [1.29, 1.82) is 0 Å². The smallest absolute Gasteiger partial charge is 0.326 e. The Labute approximate surface area is 153 Å². The maximum atomic E-state index is 12.7. The number of likely N-dealkylation sites (tertiary alicyclic amines) is 1. The average molecular weight is 384 g/mol. The second kappa shape index (κ2) is 7.03. The summed E-state index contributed by atoms with van der Waals surface area (Å²) in [4.78, 5) is 25.4. The number of benzene rings is 1. The molecule has 1 saturated heterocycles. The molecule has 0 bridgehead atoms. The number of rotatable bonds is 4. The molecule has 1 amide bonds. The summed E-state index contributed by atoms with van der Waals surface area (Å²) in [5.74, 6) is -1.47. The summed E-state index contributed by atoms with van der Waals surface area (Å²) < 4.78 is 6.65. The third kappa shape index (κ3) is 3.49. The number of carboxylic acid groups (broad SMARTS) is 1. The highest BCUT2D eigenvalue weighted by Gasteiger charge is 2.40. The van der Waals surface area contributed by atoms with Gasteiger partial charge in [0.05, 0.1) is 28.6 Å². The second-order valence-corrected chi connectivity index (χ2v) is 6.52. The van der Waals surface area contributed by atoms with Crippen LogP contribution >= 0.6 is 23.2 Å². The lowest BCUT2D eigenvalue weighted by molar-refractivity contribution is -0.141. The highest BCUT2D eigenvalue weighted by atomic mass is 35.5. The van der Waals surface area contributed by atoms with E-state index in [9.17, 15) is 14.7 Å². The molecular weight excluding hydrogens is 369 g/mol. The average Bonchev–Trinajstić information content (AvgIpc) is 3.21. The number of halogens is 2. The van der Waals surface area contributed by atoms with Crippen LogP contribution in [0.3, 0.4) is 0 Å². The zero-order chi connectivity index (χ0) is 18.1. The van der Waals surface area contributed by atoms with Gasteiger partial charge in [-0.25, -0.2) is 9.48 Å². The molecule has 0 radical (unpaired) electrons. The Kier molecular flexibility index (Phi) is 4.99. The number of aliphatic carboxylic acids is 1. The van der Waals surface area contributed by atoms with E-state index in [1.807, 2.05) is 0 Å². The standard InChI is InChI=1S/C16H15Cl2N3O4/c1-25-11-5-14(16(23)24)20(8-11)15(22)9-6-19-21(7-9)13-3-2-10(17)4-12(13)18/h2-4,6-7,11,14H,5,8H2,1H3,(H,23,24). The molecule has 1 N–H and O–H groups in total. The van der Waals surface area contributed by atoms with Gasteiger partial charge in [-0.05, 0) is 18.2 Å². The summed E-state index contributed by atoms with van der Waals surface area (Å²) in [5.41, 5.74) is 0.838. The number of hydrogen-bond acceptors (Lipinski definition) is 4. The Morgan fingerprint density at radius 1 is 1.36 bits per heavy atom. The second-order valence-electron chi connectivity index (χ2n) is 5.67. The molecule has 2 unspecified atom stereocenters. The molecule has 0 spiro atoms. The van der Waals surface area contributed by atoms with Crippen LogP contribution in [0, 0.1) is 0 Å². The number of amides is 1. The van der Waals surface area contributed by atoms with E-state index in [2.05, 4.69) is 5.10 Å². The van der Waals surface area contributed by atoms with Gasteiger partial charge in [0.2, 0.25) is 0 Å². The molecule has 132 valence electrons. The van der Waals surface area contributed by atoms with Crippen molar-refractivity contribution in [3.8, 4) is 5.69 Å². The van der Waals surface area contributed by atoms with E-state index >= 15 is 0 Å². The van der Waals surface area contributed by atoms with Crippen molar-refractivity contribution in [3.63, 3.8) is 0 Å². The Balaban J connectivity index is 1.86. The molecular formula is C16H15Cl2N3O4. The van der Waals surface area contributed by atoms with Gasteiger partial charge in [0.1, 0.15) is 6.04 Å². The van der Waals surface area contributed by atoms with Crippen LogP contribution in [0.2, 0.25) is 10.0 Å². The van der Waals surface area contributed by atoms with E-state index in [0.29, 0.717) is 15.7 Å². The molecule has 3 rings (SSSR count). The van der Waals surface area contributed by atoms with Gasteiger partial charge >= 0.3 is 5.97 Å². The van der Waals surface area contributed by atoms with E-state index in [1.165, 1.54) is 29.1 Å². The van der Waals surface area contributed by atoms with Gasteiger partial charge in [-0.3, -0.25) is 4.79 Å². The topological polar surface area (TPSA) is 84.7 Å². The lowest BCUT2D eigenvalue weighted by Gasteiger charge is -2.20. The normalized spacial score (nSPS) is 20.0. The third-order valence-corrected chi connectivity index (χ3v) is 4.67. The molecule has 1 aromatic heterocycles. The molecule has 1 aliphatic heterocycles. The van der Waals surface area contributed by atoms with Crippen molar-refractivity contribution in [2.24, 2.45) is 0 Å². The zero-order valence-corrected chi connectivity index (χ0v) is 14.7. The first-order valence-corrected chi connectivity index (χ1v) is 8.23. The van der Waals surface area contributed by atoms with Crippen molar-refractivity contribution in [2.45, 2.75) is 18.6 Å². The molecule has 25 heavy (non-hydrogen) atoms. The zero-order valence-electron chi connectivity index (χ0n) is 13.2. The summed E-state index contributed by atoms with van der Waals surface area (Å²) in [5, 5.41) is 14.4. The van der Waals surface area contributed by atoms with Gasteiger partial charge in [-0.2, -0.15) is 5.10 Å². The maximum absolute atomic E-state index is 12.7. The maximum Gasteiger partial charge on any atom is 0.326 e. The molecule has 9 heteroatoms. The quantitative estimate of drug-likeness (QED) is 0.876. The molecule has 1 aliphatic rings. The van der Waals surface area contributed by atoms with Gasteiger partial charge in [0, 0.05) is 31.3 Å². The number of methoxy groups -OCH3 is 1. The van der Waals surface area contributed by atoms with Crippen LogP contribution in [0.4, 0.5) is 0 Å². The van der Waals surface area contributed by atoms with Gasteiger partial charge in [0.15, 0.2) is 0 Å². The Morgan fingerprint density at radius 2 is 2.12 bits per heavy atom. The highest BCUT2D eigenvalue weighted by Crippen LogP contribution is 2.26. The number of aromatic nitrogens is 2. The molecule has 2 atom stereocenters. The number of nitrogens with zero attached hydrogens (tertiary/aromatic N) is 3. The number of carboxylic acids is 1. The van der Waals surface area contributed by atoms with E-state index in [0.717, 1.165) is 0 Å². The number of hydrogen-bond donors (Lipinski definition) is 1. The Bertz CT molecular complexity index is 823. The van der Waals surface area contributed by atoms with Gasteiger partial charge in [0.25, 0.3) is 5.91 Å². The summed E-state index contributed by atoms with van der Waals surface area (Å²) in [7, 11) is 1.50. The van der Waals surface area contributed by atoms with Crippen LogP contribution in [0.5, 0.6) is 0 Å². The van der Waals surface area contributed by atoms with Crippen LogP contribution in [0.25, 0.3) is 5.69 Å². The molecule has 1 aromatic carbocycles. The predicted molar refractivity (Wildman–Crippen MR) is 91.5 cm³/mol. The molecule has 2 heterocycles. The first-order chi connectivity index (χ1) is 11.9. The molecule has 0 aliphatic carbocycles. The third-order valence-electron chi connectivity index (χ3n) is 4.13. The summed E-state index contributed by atoms with van der Waals surface area (Å²) >= 11 is 12.0.